The minimum atomic E-state index is -3.70. The van der Waals surface area contributed by atoms with E-state index in [-0.39, 0.29) is 17.4 Å². The summed E-state index contributed by atoms with van der Waals surface area (Å²) in [6.07, 6.45) is 2.27. The molecule has 1 heterocycles. The largest absolute Gasteiger partial charge is 0.377 e. The second-order valence-electron chi connectivity index (χ2n) is 4.71. The average Bonchev–Trinajstić information content (AvgIpc) is 2.39. The number of benzene rings is 1. The molecule has 20 heavy (non-hydrogen) atoms. The molecule has 1 atom stereocenters. The van der Waals surface area contributed by atoms with Gasteiger partial charge in [-0.15, -0.1) is 0 Å². The zero-order chi connectivity index (χ0) is 14.6. The number of ether oxygens (including phenoxy) is 1. The van der Waals surface area contributed by atoms with Crippen molar-refractivity contribution in [2.45, 2.75) is 25.4 Å². The molecule has 0 aliphatic carbocycles. The van der Waals surface area contributed by atoms with E-state index in [2.05, 4.69) is 0 Å². The lowest BCUT2D eigenvalue weighted by molar-refractivity contribution is 0.0304. The van der Waals surface area contributed by atoms with Crippen LogP contribution < -0.4 is 4.72 Å². The predicted octanol–water partition coefficient (Wildman–Crippen LogP) is 1.97. The Morgan fingerprint density at radius 2 is 2.00 bits per heavy atom. The number of carbonyl (C=O) groups is 1. The van der Waals surface area contributed by atoms with Gasteiger partial charge in [-0.1, -0.05) is 11.6 Å². The van der Waals surface area contributed by atoms with Crippen LogP contribution in [0.5, 0.6) is 0 Å². The molecule has 0 unspecified atom stereocenters. The number of amides is 1. The summed E-state index contributed by atoms with van der Waals surface area (Å²) in [5.74, 6) is -0.843. The van der Waals surface area contributed by atoms with Crippen molar-refractivity contribution >= 4 is 27.5 Å². The average molecular weight is 318 g/mol. The quantitative estimate of drug-likeness (QED) is 0.921. The molecule has 7 heteroatoms. The van der Waals surface area contributed by atoms with Gasteiger partial charge in [0.25, 0.3) is 5.91 Å². The minimum Gasteiger partial charge on any atom is -0.377 e. The maximum atomic E-state index is 11.9. The smallest absolute Gasteiger partial charge is 0.264 e. The Bertz CT molecular complexity index is 565. The van der Waals surface area contributed by atoms with Crippen molar-refractivity contribution < 1.29 is 17.9 Å². The molecule has 1 aliphatic rings. The van der Waals surface area contributed by atoms with Crippen LogP contribution in [0.2, 0.25) is 5.02 Å². The van der Waals surface area contributed by atoms with Gasteiger partial charge in [0.1, 0.15) is 0 Å². The van der Waals surface area contributed by atoms with Crippen molar-refractivity contribution in [3.8, 4) is 0 Å². The number of carbonyl (C=O) groups excluding carboxylic acids is 1. The Morgan fingerprint density at radius 3 is 2.60 bits per heavy atom. The summed E-state index contributed by atoms with van der Waals surface area (Å²) < 4.78 is 31.2. The first-order chi connectivity index (χ1) is 9.46. The van der Waals surface area contributed by atoms with Crippen molar-refractivity contribution in [1.29, 1.82) is 0 Å². The van der Waals surface area contributed by atoms with Crippen molar-refractivity contribution in [1.82, 2.24) is 4.72 Å². The second-order valence-corrected chi connectivity index (χ2v) is 6.91. The van der Waals surface area contributed by atoms with E-state index in [1.807, 2.05) is 4.72 Å². The molecule has 0 spiro atoms. The van der Waals surface area contributed by atoms with Crippen LogP contribution in [0.3, 0.4) is 0 Å². The van der Waals surface area contributed by atoms with Crippen LogP contribution in [-0.2, 0) is 14.8 Å². The molecule has 110 valence electrons. The van der Waals surface area contributed by atoms with E-state index in [1.54, 1.807) is 0 Å². The van der Waals surface area contributed by atoms with Gasteiger partial charge in [0.05, 0.1) is 11.9 Å². The predicted molar refractivity (Wildman–Crippen MR) is 76.3 cm³/mol. The Labute approximate surface area is 123 Å². The van der Waals surface area contributed by atoms with Crippen LogP contribution in [0.25, 0.3) is 0 Å². The summed E-state index contributed by atoms with van der Waals surface area (Å²) in [6, 6.07) is 6.02. The van der Waals surface area contributed by atoms with Crippen LogP contribution in [-0.4, -0.2) is 32.8 Å². The lowest BCUT2D eigenvalue weighted by atomic mass is 10.1. The van der Waals surface area contributed by atoms with Crippen molar-refractivity contribution in [3.05, 3.63) is 34.9 Å². The molecule has 1 aliphatic heterocycles. The van der Waals surface area contributed by atoms with Crippen molar-refractivity contribution in [2.24, 2.45) is 0 Å². The van der Waals surface area contributed by atoms with E-state index in [4.69, 9.17) is 16.3 Å². The zero-order valence-corrected chi connectivity index (χ0v) is 12.4. The van der Waals surface area contributed by atoms with Gasteiger partial charge in [0.15, 0.2) is 0 Å². The van der Waals surface area contributed by atoms with E-state index in [0.29, 0.717) is 18.1 Å². The summed E-state index contributed by atoms with van der Waals surface area (Å²) >= 11 is 5.71. The van der Waals surface area contributed by atoms with Gasteiger partial charge in [0, 0.05) is 17.2 Å². The van der Waals surface area contributed by atoms with Crippen molar-refractivity contribution in [3.63, 3.8) is 0 Å². The van der Waals surface area contributed by atoms with Gasteiger partial charge in [-0.05, 0) is 43.5 Å². The maximum Gasteiger partial charge on any atom is 0.264 e. The number of nitrogens with one attached hydrogen (secondary N) is 1. The van der Waals surface area contributed by atoms with Crippen LogP contribution in [0.1, 0.15) is 29.6 Å². The third-order valence-electron chi connectivity index (χ3n) is 3.03. The van der Waals surface area contributed by atoms with Gasteiger partial charge in [-0.25, -0.2) is 13.1 Å². The molecule has 1 saturated heterocycles. The number of hydrogen-bond donors (Lipinski definition) is 1. The molecule has 5 nitrogen and oxygen atoms in total. The Kier molecular flexibility index (Phi) is 5.01. The fourth-order valence-corrected chi connectivity index (χ4v) is 3.39. The fraction of sp³-hybridized carbons (Fsp3) is 0.462. The van der Waals surface area contributed by atoms with E-state index >= 15 is 0 Å². The molecule has 1 amide bonds. The van der Waals surface area contributed by atoms with E-state index in [1.165, 1.54) is 24.3 Å². The third kappa shape index (κ3) is 4.47. The summed E-state index contributed by atoms with van der Waals surface area (Å²) in [5, 5.41) is 0.486. The van der Waals surface area contributed by atoms with Crippen molar-refractivity contribution in [2.75, 3.05) is 12.4 Å². The molecule has 0 radical (unpaired) electrons. The van der Waals surface area contributed by atoms with E-state index < -0.39 is 15.9 Å². The van der Waals surface area contributed by atoms with Gasteiger partial charge >= 0.3 is 0 Å². The van der Waals surface area contributed by atoms with Crippen LogP contribution in [0.4, 0.5) is 0 Å². The second kappa shape index (κ2) is 6.56. The molecule has 0 saturated carbocycles. The van der Waals surface area contributed by atoms with Gasteiger partial charge in [-0.2, -0.15) is 0 Å². The summed E-state index contributed by atoms with van der Waals surface area (Å²) in [5.41, 5.74) is 0.252. The van der Waals surface area contributed by atoms with Crippen LogP contribution in [0, 0.1) is 0 Å². The number of rotatable bonds is 4. The third-order valence-corrected chi connectivity index (χ3v) is 4.59. The highest BCUT2D eigenvalue weighted by Crippen LogP contribution is 2.14. The van der Waals surface area contributed by atoms with Gasteiger partial charge < -0.3 is 4.74 Å². The molecular weight excluding hydrogens is 302 g/mol. The standard InChI is InChI=1S/C13H16ClNO4S/c14-11-6-4-10(5-7-11)13(16)15-20(17,18)9-12-3-1-2-8-19-12/h4-7,12H,1-3,8-9H2,(H,15,16)/t12-/m0/s1. The first-order valence-electron chi connectivity index (χ1n) is 6.38. The van der Waals surface area contributed by atoms with Crippen LogP contribution >= 0.6 is 11.6 Å². The first-order valence-corrected chi connectivity index (χ1v) is 8.41. The fourth-order valence-electron chi connectivity index (χ4n) is 2.03. The number of halogens is 1. The molecule has 0 aromatic heterocycles. The Balaban J connectivity index is 1.96. The van der Waals surface area contributed by atoms with Gasteiger partial charge in [0.2, 0.25) is 10.0 Å². The topological polar surface area (TPSA) is 72.5 Å². The van der Waals surface area contributed by atoms with E-state index in [0.717, 1.165) is 12.8 Å². The summed E-state index contributed by atoms with van der Waals surface area (Å²) in [7, 11) is -3.70. The SMILES string of the molecule is O=C(NS(=O)(=O)C[C@@H]1CCCCO1)c1ccc(Cl)cc1. The number of hydrogen-bond acceptors (Lipinski definition) is 4. The summed E-state index contributed by atoms with van der Waals surface area (Å²) in [4.78, 5) is 11.8. The van der Waals surface area contributed by atoms with Crippen LogP contribution in [0.15, 0.2) is 24.3 Å². The maximum absolute atomic E-state index is 11.9. The molecule has 2 rings (SSSR count). The minimum absolute atomic E-state index is 0.188. The summed E-state index contributed by atoms with van der Waals surface area (Å²) in [6.45, 7) is 0.575. The molecule has 1 N–H and O–H groups in total. The molecule has 1 aromatic rings. The molecular formula is C13H16ClNO4S. The highest BCUT2D eigenvalue weighted by Gasteiger charge is 2.24. The first kappa shape index (κ1) is 15.3. The Morgan fingerprint density at radius 1 is 1.30 bits per heavy atom. The van der Waals surface area contributed by atoms with Gasteiger partial charge in [-0.3, -0.25) is 4.79 Å². The number of sulfonamides is 1. The highest BCUT2D eigenvalue weighted by molar-refractivity contribution is 7.90. The normalized spacial score (nSPS) is 19.6. The molecule has 1 aromatic carbocycles. The highest BCUT2D eigenvalue weighted by atomic mass is 35.5. The Hall–Kier alpha value is -1.11. The lowest BCUT2D eigenvalue weighted by Crippen LogP contribution is -2.38. The molecule has 1 fully saturated rings. The lowest BCUT2D eigenvalue weighted by Gasteiger charge is -2.22. The van der Waals surface area contributed by atoms with E-state index in [9.17, 15) is 13.2 Å². The monoisotopic (exact) mass is 317 g/mol. The zero-order valence-electron chi connectivity index (χ0n) is 10.8. The molecule has 0 bridgehead atoms.